The van der Waals surface area contributed by atoms with Crippen molar-refractivity contribution in [1.82, 2.24) is 10.3 Å². The summed E-state index contributed by atoms with van der Waals surface area (Å²) < 4.78 is 1.30. The van der Waals surface area contributed by atoms with E-state index in [4.69, 9.17) is 0 Å². The van der Waals surface area contributed by atoms with Gasteiger partial charge < -0.3 is 10.4 Å². The monoisotopic (exact) mass is 406 g/mol. The molecule has 0 fully saturated rings. The molecule has 4 rings (SSSR count). The Balaban J connectivity index is 1.95. The van der Waals surface area contributed by atoms with Gasteiger partial charge in [-0.1, -0.05) is 6.07 Å². The van der Waals surface area contributed by atoms with Crippen molar-refractivity contribution in [2.45, 2.75) is 31.3 Å². The molecule has 1 aliphatic heterocycles. The third-order valence-corrected chi connectivity index (χ3v) is 5.96. The fourth-order valence-corrected chi connectivity index (χ4v) is 4.85. The highest BCUT2D eigenvalue weighted by Crippen LogP contribution is 2.46. The molecular formula is C18H19IN2O. The Morgan fingerprint density at radius 3 is 2.86 bits per heavy atom. The van der Waals surface area contributed by atoms with Crippen LogP contribution in [0.1, 0.15) is 34.2 Å². The summed E-state index contributed by atoms with van der Waals surface area (Å²) in [6.45, 7) is 2.01. The number of halogens is 1. The van der Waals surface area contributed by atoms with Gasteiger partial charge in [0.1, 0.15) is 5.60 Å². The summed E-state index contributed by atoms with van der Waals surface area (Å²) >= 11 is 2.43. The van der Waals surface area contributed by atoms with Crippen LogP contribution >= 0.6 is 22.6 Å². The van der Waals surface area contributed by atoms with Crippen LogP contribution in [-0.2, 0) is 24.9 Å². The highest BCUT2D eigenvalue weighted by molar-refractivity contribution is 14.1. The van der Waals surface area contributed by atoms with E-state index in [1.165, 1.54) is 25.8 Å². The topological polar surface area (TPSA) is 45.2 Å². The van der Waals surface area contributed by atoms with Crippen molar-refractivity contribution in [3.63, 3.8) is 0 Å². The van der Waals surface area contributed by atoms with Crippen LogP contribution in [0.15, 0.2) is 30.6 Å². The molecule has 0 saturated heterocycles. The van der Waals surface area contributed by atoms with Crippen molar-refractivity contribution in [2.24, 2.45) is 0 Å². The van der Waals surface area contributed by atoms with E-state index in [0.717, 1.165) is 44.3 Å². The average molecular weight is 406 g/mol. The van der Waals surface area contributed by atoms with Crippen molar-refractivity contribution in [3.05, 3.63) is 62.0 Å². The van der Waals surface area contributed by atoms with E-state index >= 15 is 0 Å². The molecule has 2 aromatic rings. The van der Waals surface area contributed by atoms with Gasteiger partial charge in [-0.05, 0) is 95.8 Å². The van der Waals surface area contributed by atoms with E-state index in [1.54, 1.807) is 6.20 Å². The number of rotatable bonds is 1. The molecule has 3 nitrogen and oxygen atoms in total. The first-order chi connectivity index (χ1) is 10.7. The summed E-state index contributed by atoms with van der Waals surface area (Å²) in [5.41, 5.74) is 5.33. The van der Waals surface area contributed by atoms with Gasteiger partial charge in [0.15, 0.2) is 0 Å². The Hall–Kier alpha value is -0.980. The third kappa shape index (κ3) is 2.20. The maximum Gasteiger partial charge on any atom is 0.117 e. The molecule has 0 radical (unpaired) electrons. The lowest BCUT2D eigenvalue weighted by atomic mass is 9.83. The molecular weight excluding hydrogens is 387 g/mol. The molecule has 2 aliphatic rings. The summed E-state index contributed by atoms with van der Waals surface area (Å²) in [5.74, 6) is 0. The molecule has 0 bridgehead atoms. The lowest BCUT2D eigenvalue weighted by molar-refractivity contribution is 0.0816. The van der Waals surface area contributed by atoms with Gasteiger partial charge in [-0.25, -0.2) is 0 Å². The molecule has 114 valence electrons. The predicted molar refractivity (Wildman–Crippen MR) is 95.0 cm³/mol. The van der Waals surface area contributed by atoms with E-state index < -0.39 is 5.60 Å². The van der Waals surface area contributed by atoms with Crippen molar-refractivity contribution >= 4 is 22.6 Å². The lowest BCUT2D eigenvalue weighted by Crippen LogP contribution is -2.26. The van der Waals surface area contributed by atoms with Gasteiger partial charge in [-0.15, -0.1) is 0 Å². The normalized spacial score (nSPS) is 23.7. The van der Waals surface area contributed by atoms with E-state index in [9.17, 15) is 5.11 Å². The number of benzene rings is 1. The van der Waals surface area contributed by atoms with Crippen LogP contribution < -0.4 is 5.32 Å². The molecule has 4 heteroatoms. The van der Waals surface area contributed by atoms with Gasteiger partial charge in [0, 0.05) is 21.5 Å². The summed E-state index contributed by atoms with van der Waals surface area (Å²) in [7, 11) is 0. The van der Waals surface area contributed by atoms with Crippen LogP contribution in [0, 0.1) is 3.57 Å². The zero-order valence-corrected chi connectivity index (χ0v) is 14.6. The fourth-order valence-electron chi connectivity index (χ4n) is 3.93. The highest BCUT2D eigenvalue weighted by Gasteiger charge is 2.42. The number of nitrogens with zero attached hydrogens (tertiary/aromatic N) is 1. The smallest absolute Gasteiger partial charge is 0.117 e. The molecule has 2 N–H and O–H groups in total. The molecule has 0 amide bonds. The predicted octanol–water partition coefficient (Wildman–Crippen LogP) is 2.56. The number of pyridine rings is 1. The summed E-state index contributed by atoms with van der Waals surface area (Å²) in [6, 6.07) is 6.25. The van der Waals surface area contributed by atoms with Crippen molar-refractivity contribution in [1.29, 1.82) is 0 Å². The van der Waals surface area contributed by atoms with E-state index in [1.807, 2.05) is 18.3 Å². The molecule has 22 heavy (non-hydrogen) atoms. The maximum atomic E-state index is 11.5. The first kappa shape index (κ1) is 14.6. The number of aliphatic hydroxyl groups is 1. The number of aromatic nitrogens is 1. The largest absolute Gasteiger partial charge is 0.380 e. The number of fused-ring (bicyclic) bond motifs is 3. The van der Waals surface area contributed by atoms with Crippen molar-refractivity contribution in [2.75, 3.05) is 13.1 Å². The average Bonchev–Trinajstić information content (AvgIpc) is 2.75. The molecule has 1 unspecified atom stereocenters. The molecule has 2 heterocycles. The first-order valence-electron chi connectivity index (χ1n) is 7.87. The Morgan fingerprint density at radius 2 is 2.05 bits per heavy atom. The van der Waals surface area contributed by atoms with E-state index in [0.29, 0.717) is 0 Å². The van der Waals surface area contributed by atoms with Gasteiger partial charge in [-0.3, -0.25) is 4.98 Å². The SMILES string of the molecule is OC1(c2cccnc2)CCc2c(I)cc3c(c21)CCNCC3. The Kier molecular flexibility index (Phi) is 3.71. The quantitative estimate of drug-likeness (QED) is 0.716. The van der Waals surface area contributed by atoms with E-state index in [-0.39, 0.29) is 0 Å². The minimum Gasteiger partial charge on any atom is -0.380 e. The van der Waals surface area contributed by atoms with Gasteiger partial charge in [0.05, 0.1) is 0 Å². The molecule has 1 aliphatic carbocycles. The number of hydrogen-bond acceptors (Lipinski definition) is 3. The van der Waals surface area contributed by atoms with Gasteiger partial charge in [0.2, 0.25) is 0 Å². The van der Waals surface area contributed by atoms with Gasteiger partial charge in [-0.2, -0.15) is 0 Å². The van der Waals surface area contributed by atoms with Gasteiger partial charge in [0.25, 0.3) is 0 Å². The molecule has 1 atom stereocenters. The second-order valence-electron chi connectivity index (χ2n) is 6.20. The standard InChI is InChI=1S/C18H19IN2O/c19-16-10-12-4-8-20-9-5-14(12)17-15(16)3-6-18(17,22)13-2-1-7-21-11-13/h1-2,7,10-11,20,22H,3-6,8-9H2. The Labute approximate surface area is 144 Å². The van der Waals surface area contributed by atoms with Crippen LogP contribution in [0.3, 0.4) is 0 Å². The Bertz CT molecular complexity index is 717. The summed E-state index contributed by atoms with van der Waals surface area (Å²) in [5, 5.41) is 15.0. The van der Waals surface area contributed by atoms with Crippen LogP contribution in [-0.4, -0.2) is 23.2 Å². The zero-order chi connectivity index (χ0) is 15.2. The third-order valence-electron chi connectivity index (χ3n) is 4.99. The van der Waals surface area contributed by atoms with Crippen LogP contribution in [0.2, 0.25) is 0 Å². The highest BCUT2D eigenvalue weighted by atomic mass is 127. The lowest BCUT2D eigenvalue weighted by Gasteiger charge is -2.28. The Morgan fingerprint density at radius 1 is 1.18 bits per heavy atom. The second-order valence-corrected chi connectivity index (χ2v) is 7.36. The minimum absolute atomic E-state index is 0.758. The summed E-state index contributed by atoms with van der Waals surface area (Å²) in [6.07, 6.45) is 7.32. The van der Waals surface area contributed by atoms with Crippen LogP contribution in [0.5, 0.6) is 0 Å². The maximum absolute atomic E-state index is 11.5. The number of nitrogens with one attached hydrogen (secondary N) is 1. The zero-order valence-electron chi connectivity index (χ0n) is 12.4. The van der Waals surface area contributed by atoms with Gasteiger partial charge >= 0.3 is 0 Å². The van der Waals surface area contributed by atoms with Crippen molar-refractivity contribution in [3.8, 4) is 0 Å². The van der Waals surface area contributed by atoms with E-state index in [2.05, 4.69) is 39.0 Å². The second kappa shape index (κ2) is 5.58. The molecule has 0 spiro atoms. The molecule has 1 aromatic heterocycles. The van der Waals surface area contributed by atoms with Crippen LogP contribution in [0.4, 0.5) is 0 Å². The summed E-state index contributed by atoms with van der Waals surface area (Å²) in [4.78, 5) is 4.23. The number of hydrogen-bond donors (Lipinski definition) is 2. The molecule has 0 saturated carbocycles. The van der Waals surface area contributed by atoms with Crippen LogP contribution in [0.25, 0.3) is 0 Å². The minimum atomic E-state index is -0.876. The van der Waals surface area contributed by atoms with Crippen molar-refractivity contribution < 1.29 is 5.11 Å². The first-order valence-corrected chi connectivity index (χ1v) is 8.95. The fraction of sp³-hybridized carbons (Fsp3) is 0.389. The molecule has 1 aromatic carbocycles.